The molecule has 0 spiro atoms. The third-order valence-corrected chi connectivity index (χ3v) is 5.78. The Balaban J connectivity index is 1.53. The number of amides is 1. The molecule has 1 N–H and O–H groups in total. The van der Waals surface area contributed by atoms with Crippen LogP contribution in [-0.4, -0.2) is 51.9 Å². The Morgan fingerprint density at radius 1 is 1.19 bits per heavy atom. The van der Waals surface area contributed by atoms with Crippen molar-refractivity contribution in [2.45, 2.75) is 33.0 Å². The molecule has 0 aliphatic carbocycles. The first-order valence-corrected chi connectivity index (χ1v) is 11.1. The van der Waals surface area contributed by atoms with Crippen LogP contribution < -0.4 is 10.7 Å². The molecule has 1 amide bonds. The smallest absolute Gasteiger partial charge is 0.224 e. The van der Waals surface area contributed by atoms with Gasteiger partial charge in [-0.3, -0.25) is 14.5 Å². The maximum atomic E-state index is 13.2. The standard InChI is InChI=1S/C23H26ClN5O3/c1-2-29-14-17(11-21(30)25-13-16-3-5-18(24)6-4-16)22(31)20-12-19(26-27-23(20)29)15-28-7-9-32-10-8-28/h3-6,12,14H,2,7-11,13,15H2,1H3,(H,25,30). The van der Waals surface area contributed by atoms with Gasteiger partial charge in [0.05, 0.1) is 30.7 Å². The first-order chi connectivity index (χ1) is 15.5. The summed E-state index contributed by atoms with van der Waals surface area (Å²) in [5, 5.41) is 12.7. The van der Waals surface area contributed by atoms with Crippen molar-refractivity contribution in [1.29, 1.82) is 0 Å². The highest BCUT2D eigenvalue weighted by molar-refractivity contribution is 6.30. The SMILES string of the molecule is CCn1cc(CC(=O)NCc2ccc(Cl)cc2)c(=O)c2cc(CN3CCOCC3)nnc21. The third-order valence-electron chi connectivity index (χ3n) is 5.53. The molecule has 1 aliphatic rings. The molecule has 0 bridgehead atoms. The summed E-state index contributed by atoms with van der Waals surface area (Å²) in [5.41, 5.74) is 2.48. The molecule has 3 heterocycles. The Bertz CT molecular complexity index is 1160. The number of ether oxygens (including phenoxy) is 1. The lowest BCUT2D eigenvalue weighted by Crippen LogP contribution is -2.36. The minimum Gasteiger partial charge on any atom is -0.379 e. The van der Waals surface area contributed by atoms with Gasteiger partial charge in [-0.05, 0) is 30.7 Å². The average Bonchev–Trinajstić information content (AvgIpc) is 2.81. The summed E-state index contributed by atoms with van der Waals surface area (Å²) in [4.78, 5) is 27.9. The summed E-state index contributed by atoms with van der Waals surface area (Å²) < 4.78 is 7.25. The van der Waals surface area contributed by atoms with E-state index in [1.807, 2.05) is 23.6 Å². The first kappa shape index (κ1) is 22.4. The van der Waals surface area contributed by atoms with Crippen molar-refractivity contribution in [3.63, 3.8) is 0 Å². The second kappa shape index (κ2) is 10.2. The molecule has 1 fully saturated rings. The van der Waals surface area contributed by atoms with Crippen LogP contribution in [0.25, 0.3) is 11.0 Å². The van der Waals surface area contributed by atoms with Crippen LogP contribution in [0.5, 0.6) is 0 Å². The van der Waals surface area contributed by atoms with Gasteiger partial charge in [-0.2, -0.15) is 5.10 Å². The number of fused-ring (bicyclic) bond motifs is 1. The fourth-order valence-corrected chi connectivity index (χ4v) is 3.88. The molecule has 4 rings (SSSR count). The molecule has 32 heavy (non-hydrogen) atoms. The lowest BCUT2D eigenvalue weighted by atomic mass is 10.1. The summed E-state index contributed by atoms with van der Waals surface area (Å²) in [6.07, 6.45) is 1.71. The Morgan fingerprint density at radius 3 is 2.66 bits per heavy atom. The van der Waals surface area contributed by atoms with E-state index in [1.165, 1.54) is 0 Å². The van der Waals surface area contributed by atoms with Gasteiger partial charge in [-0.1, -0.05) is 23.7 Å². The predicted molar refractivity (Wildman–Crippen MR) is 123 cm³/mol. The van der Waals surface area contributed by atoms with Crippen LogP contribution in [0.4, 0.5) is 0 Å². The highest BCUT2D eigenvalue weighted by Gasteiger charge is 2.16. The molecule has 1 aliphatic heterocycles. The van der Waals surface area contributed by atoms with E-state index in [4.69, 9.17) is 16.3 Å². The molecule has 0 radical (unpaired) electrons. The Kier molecular flexibility index (Phi) is 7.14. The largest absolute Gasteiger partial charge is 0.379 e. The number of carbonyl (C=O) groups excluding carboxylic acids is 1. The Labute approximate surface area is 191 Å². The summed E-state index contributed by atoms with van der Waals surface area (Å²) in [5.74, 6) is -0.213. The molecule has 0 saturated carbocycles. The van der Waals surface area contributed by atoms with E-state index in [9.17, 15) is 9.59 Å². The summed E-state index contributed by atoms with van der Waals surface area (Å²) in [7, 11) is 0. The monoisotopic (exact) mass is 455 g/mol. The number of aromatic nitrogens is 3. The van der Waals surface area contributed by atoms with Gasteiger partial charge in [0.25, 0.3) is 0 Å². The number of hydrogen-bond donors (Lipinski definition) is 1. The highest BCUT2D eigenvalue weighted by atomic mass is 35.5. The summed E-state index contributed by atoms with van der Waals surface area (Å²) in [6.45, 7) is 6.62. The van der Waals surface area contributed by atoms with Crippen molar-refractivity contribution in [3.05, 3.63) is 68.6 Å². The maximum Gasteiger partial charge on any atom is 0.224 e. The van der Waals surface area contributed by atoms with Gasteiger partial charge in [0, 0.05) is 49.5 Å². The van der Waals surface area contributed by atoms with Crippen molar-refractivity contribution in [1.82, 2.24) is 25.0 Å². The van der Waals surface area contributed by atoms with Crippen molar-refractivity contribution in [2.75, 3.05) is 26.3 Å². The minimum absolute atomic E-state index is 0.00346. The number of morpholine rings is 1. The van der Waals surface area contributed by atoms with Crippen LogP contribution in [0, 0.1) is 0 Å². The van der Waals surface area contributed by atoms with Crippen molar-refractivity contribution in [2.24, 2.45) is 0 Å². The highest BCUT2D eigenvalue weighted by Crippen LogP contribution is 2.13. The Morgan fingerprint density at radius 2 is 1.94 bits per heavy atom. The number of nitrogens with zero attached hydrogens (tertiary/aromatic N) is 4. The molecule has 0 unspecified atom stereocenters. The number of halogens is 1. The second-order valence-electron chi connectivity index (χ2n) is 7.81. The lowest BCUT2D eigenvalue weighted by molar-refractivity contribution is -0.120. The van der Waals surface area contributed by atoms with Gasteiger partial charge in [-0.15, -0.1) is 5.10 Å². The van der Waals surface area contributed by atoms with E-state index < -0.39 is 0 Å². The number of benzene rings is 1. The zero-order valence-corrected chi connectivity index (χ0v) is 18.8. The van der Waals surface area contributed by atoms with Crippen molar-refractivity contribution in [3.8, 4) is 0 Å². The van der Waals surface area contributed by atoms with Crippen molar-refractivity contribution < 1.29 is 9.53 Å². The Hall–Kier alpha value is -2.81. The van der Waals surface area contributed by atoms with E-state index >= 15 is 0 Å². The minimum atomic E-state index is -0.213. The number of pyridine rings is 1. The zero-order valence-electron chi connectivity index (χ0n) is 18.0. The molecule has 9 heteroatoms. The number of carbonyl (C=O) groups is 1. The molecule has 8 nitrogen and oxygen atoms in total. The van der Waals surface area contributed by atoms with Gasteiger partial charge >= 0.3 is 0 Å². The average molecular weight is 456 g/mol. The number of rotatable bonds is 7. The van der Waals surface area contributed by atoms with Gasteiger partial charge in [0.15, 0.2) is 11.1 Å². The topological polar surface area (TPSA) is 89.4 Å². The quantitative estimate of drug-likeness (QED) is 0.587. The molecule has 1 aromatic carbocycles. The number of nitrogens with one attached hydrogen (secondary N) is 1. The van der Waals surface area contributed by atoms with Crippen LogP contribution in [-0.2, 0) is 35.6 Å². The first-order valence-electron chi connectivity index (χ1n) is 10.7. The van der Waals surface area contributed by atoms with E-state index in [1.54, 1.807) is 24.4 Å². The molecule has 1 saturated heterocycles. The second-order valence-corrected chi connectivity index (χ2v) is 8.25. The molecule has 0 atom stereocenters. The zero-order chi connectivity index (χ0) is 22.5. The lowest BCUT2D eigenvalue weighted by Gasteiger charge is -2.26. The summed E-state index contributed by atoms with van der Waals surface area (Å²) >= 11 is 5.90. The van der Waals surface area contributed by atoms with Gasteiger partial charge in [-0.25, -0.2) is 0 Å². The molecular formula is C23H26ClN5O3. The third kappa shape index (κ3) is 5.32. The molecule has 168 valence electrons. The van der Waals surface area contributed by atoms with E-state index in [0.717, 1.165) is 24.3 Å². The predicted octanol–water partition coefficient (Wildman–Crippen LogP) is 2.16. The fraction of sp³-hybridized carbons (Fsp3) is 0.391. The number of aryl methyl sites for hydroxylation is 1. The van der Waals surface area contributed by atoms with Crippen LogP contribution >= 0.6 is 11.6 Å². The van der Waals surface area contributed by atoms with E-state index in [2.05, 4.69) is 20.4 Å². The van der Waals surface area contributed by atoms with E-state index in [-0.39, 0.29) is 17.8 Å². The fourth-order valence-electron chi connectivity index (χ4n) is 3.76. The molecule has 3 aromatic rings. The van der Waals surface area contributed by atoms with Gasteiger partial charge in [0.1, 0.15) is 0 Å². The van der Waals surface area contributed by atoms with Gasteiger partial charge < -0.3 is 14.6 Å². The van der Waals surface area contributed by atoms with E-state index in [0.29, 0.717) is 54.5 Å². The van der Waals surface area contributed by atoms with Crippen LogP contribution in [0.3, 0.4) is 0 Å². The number of hydrogen-bond acceptors (Lipinski definition) is 6. The van der Waals surface area contributed by atoms with Crippen LogP contribution in [0.15, 0.2) is 41.3 Å². The maximum absolute atomic E-state index is 13.2. The van der Waals surface area contributed by atoms with Gasteiger partial charge in [0.2, 0.25) is 5.91 Å². The molecule has 2 aromatic heterocycles. The summed E-state index contributed by atoms with van der Waals surface area (Å²) in [6, 6.07) is 9.08. The van der Waals surface area contributed by atoms with Crippen LogP contribution in [0.1, 0.15) is 23.7 Å². The normalized spacial score (nSPS) is 14.6. The molecular weight excluding hydrogens is 430 g/mol. The van der Waals surface area contributed by atoms with Crippen LogP contribution in [0.2, 0.25) is 5.02 Å². The van der Waals surface area contributed by atoms with Crippen molar-refractivity contribution >= 4 is 28.5 Å².